The summed E-state index contributed by atoms with van der Waals surface area (Å²) in [4.78, 5) is 13.1. The summed E-state index contributed by atoms with van der Waals surface area (Å²) in [5.41, 5.74) is 4.14. The first-order valence-corrected chi connectivity index (χ1v) is 10.5. The second-order valence-corrected chi connectivity index (χ2v) is 8.93. The summed E-state index contributed by atoms with van der Waals surface area (Å²) in [6.07, 6.45) is 5.97. The predicted molar refractivity (Wildman–Crippen MR) is 111 cm³/mol. The van der Waals surface area contributed by atoms with Crippen molar-refractivity contribution in [3.63, 3.8) is 0 Å². The molecule has 0 heterocycles. The maximum Gasteiger partial charge on any atom is 0.134 e. The summed E-state index contributed by atoms with van der Waals surface area (Å²) in [6, 6.07) is 11.6. The second-order valence-electron chi connectivity index (χ2n) is 8.93. The Morgan fingerprint density at radius 1 is 0.821 bits per heavy atom. The molecular formula is C25H30O3. The molecule has 4 rings (SSSR count). The normalized spacial score (nSPS) is 18.6. The number of carbonyl (C=O) groups excluding carboxylic acids is 1. The molecule has 2 aliphatic carbocycles. The van der Waals surface area contributed by atoms with E-state index >= 15 is 0 Å². The van der Waals surface area contributed by atoms with Crippen LogP contribution in [-0.4, -0.2) is 16.0 Å². The highest BCUT2D eigenvalue weighted by atomic mass is 16.3. The van der Waals surface area contributed by atoms with Crippen molar-refractivity contribution in [3.05, 3.63) is 58.7 Å². The van der Waals surface area contributed by atoms with Crippen molar-refractivity contribution in [2.24, 2.45) is 11.8 Å². The molecule has 0 aliphatic heterocycles. The zero-order chi connectivity index (χ0) is 19.8. The summed E-state index contributed by atoms with van der Waals surface area (Å²) >= 11 is 0. The molecule has 0 saturated heterocycles. The first kappa shape index (κ1) is 19.0. The van der Waals surface area contributed by atoms with Crippen molar-refractivity contribution >= 4 is 5.78 Å². The molecular weight excluding hydrogens is 348 g/mol. The fraction of sp³-hybridized carbons (Fsp3) is 0.480. The molecule has 2 aliphatic rings. The van der Waals surface area contributed by atoms with Crippen LogP contribution in [0.5, 0.6) is 11.5 Å². The number of hydrogen-bond acceptors (Lipinski definition) is 3. The Labute approximate surface area is 167 Å². The molecule has 2 fully saturated rings. The maximum atomic E-state index is 13.1. The SMILES string of the molecule is Cc1cc(C(CC(=O)CC(c2ccc(O)c(C)c2)C2CC2)C2CC2)ccc1O. The fourth-order valence-corrected chi connectivity index (χ4v) is 4.50. The second kappa shape index (κ2) is 7.62. The highest BCUT2D eigenvalue weighted by molar-refractivity contribution is 5.80. The van der Waals surface area contributed by atoms with E-state index in [4.69, 9.17) is 0 Å². The van der Waals surface area contributed by atoms with Crippen molar-refractivity contribution < 1.29 is 15.0 Å². The Hall–Kier alpha value is -2.29. The van der Waals surface area contributed by atoms with Crippen LogP contribution >= 0.6 is 0 Å². The molecule has 0 aromatic heterocycles. The summed E-state index contributed by atoms with van der Waals surface area (Å²) in [6.45, 7) is 3.84. The van der Waals surface area contributed by atoms with Crippen LogP contribution in [0.2, 0.25) is 0 Å². The highest BCUT2D eigenvalue weighted by Gasteiger charge is 2.37. The number of ketones is 1. The average molecular weight is 379 g/mol. The van der Waals surface area contributed by atoms with Gasteiger partial charge in [0.1, 0.15) is 17.3 Å². The van der Waals surface area contributed by atoms with E-state index in [0.29, 0.717) is 42.0 Å². The number of aryl methyl sites for hydroxylation is 2. The van der Waals surface area contributed by atoms with E-state index in [1.807, 2.05) is 38.1 Å². The zero-order valence-corrected chi connectivity index (χ0v) is 16.8. The molecule has 3 nitrogen and oxygen atoms in total. The lowest BCUT2D eigenvalue weighted by Gasteiger charge is -2.21. The van der Waals surface area contributed by atoms with Crippen molar-refractivity contribution in [3.8, 4) is 11.5 Å². The molecule has 0 spiro atoms. The number of phenolic OH excluding ortho intramolecular Hbond substituents is 2. The van der Waals surface area contributed by atoms with Crippen molar-refractivity contribution in [1.29, 1.82) is 0 Å². The van der Waals surface area contributed by atoms with Gasteiger partial charge in [-0.1, -0.05) is 24.3 Å². The van der Waals surface area contributed by atoms with E-state index in [1.54, 1.807) is 12.1 Å². The lowest BCUT2D eigenvalue weighted by atomic mass is 9.83. The van der Waals surface area contributed by atoms with E-state index < -0.39 is 0 Å². The quantitative estimate of drug-likeness (QED) is 0.615. The number of aromatic hydroxyl groups is 2. The molecule has 2 aromatic carbocycles. The topological polar surface area (TPSA) is 57.5 Å². The maximum absolute atomic E-state index is 13.1. The minimum atomic E-state index is 0.271. The van der Waals surface area contributed by atoms with Gasteiger partial charge in [-0.2, -0.15) is 0 Å². The lowest BCUT2D eigenvalue weighted by Crippen LogP contribution is -2.14. The Bertz CT molecular complexity index is 806. The van der Waals surface area contributed by atoms with Gasteiger partial charge in [0.15, 0.2) is 0 Å². The van der Waals surface area contributed by atoms with Gasteiger partial charge in [-0.3, -0.25) is 4.79 Å². The molecule has 0 radical (unpaired) electrons. The molecule has 0 amide bonds. The van der Waals surface area contributed by atoms with Crippen molar-refractivity contribution in [2.45, 2.75) is 64.2 Å². The summed E-state index contributed by atoms with van der Waals surface area (Å²) < 4.78 is 0. The van der Waals surface area contributed by atoms with Crippen LogP contribution in [0.15, 0.2) is 36.4 Å². The van der Waals surface area contributed by atoms with Crippen LogP contribution in [0.3, 0.4) is 0 Å². The average Bonchev–Trinajstić information content (AvgIpc) is 3.55. The zero-order valence-electron chi connectivity index (χ0n) is 16.8. The molecule has 2 atom stereocenters. The van der Waals surface area contributed by atoms with Crippen LogP contribution in [0.1, 0.15) is 72.6 Å². The predicted octanol–water partition coefficient (Wildman–Crippen LogP) is 5.75. The molecule has 0 bridgehead atoms. The van der Waals surface area contributed by atoms with Crippen LogP contribution in [-0.2, 0) is 4.79 Å². The number of benzene rings is 2. The third-order valence-corrected chi connectivity index (χ3v) is 6.58. The van der Waals surface area contributed by atoms with E-state index in [-0.39, 0.29) is 11.8 Å². The molecule has 28 heavy (non-hydrogen) atoms. The number of carbonyl (C=O) groups is 1. The van der Waals surface area contributed by atoms with Gasteiger partial charge < -0.3 is 10.2 Å². The van der Waals surface area contributed by atoms with Gasteiger partial charge in [0.05, 0.1) is 0 Å². The standard InChI is InChI=1S/C25H30O3/c1-15-11-19(7-9-24(15)27)22(17-3-4-17)13-21(26)14-23(18-5-6-18)20-8-10-25(28)16(2)12-20/h7-12,17-18,22-23,27-28H,3-6,13-14H2,1-2H3. The van der Waals surface area contributed by atoms with Crippen molar-refractivity contribution in [1.82, 2.24) is 0 Å². The molecule has 2 saturated carbocycles. The monoisotopic (exact) mass is 378 g/mol. The van der Waals surface area contributed by atoms with E-state index in [2.05, 4.69) is 0 Å². The van der Waals surface area contributed by atoms with E-state index in [1.165, 1.54) is 36.8 Å². The summed E-state index contributed by atoms with van der Waals surface area (Å²) in [5.74, 6) is 2.72. The third kappa shape index (κ3) is 4.24. The summed E-state index contributed by atoms with van der Waals surface area (Å²) in [7, 11) is 0. The number of Topliss-reactive ketones (excluding diaryl/α,β-unsaturated/α-hetero) is 1. The fourth-order valence-electron chi connectivity index (χ4n) is 4.50. The van der Waals surface area contributed by atoms with E-state index in [0.717, 1.165) is 11.1 Å². The first-order valence-electron chi connectivity index (χ1n) is 10.5. The van der Waals surface area contributed by atoms with Gasteiger partial charge in [0, 0.05) is 12.8 Å². The van der Waals surface area contributed by atoms with Gasteiger partial charge in [0.2, 0.25) is 0 Å². The van der Waals surface area contributed by atoms with Gasteiger partial charge in [-0.15, -0.1) is 0 Å². The molecule has 2 unspecified atom stereocenters. The smallest absolute Gasteiger partial charge is 0.134 e. The van der Waals surface area contributed by atoms with Gasteiger partial charge >= 0.3 is 0 Å². The minimum Gasteiger partial charge on any atom is -0.508 e. The van der Waals surface area contributed by atoms with Gasteiger partial charge in [-0.25, -0.2) is 0 Å². The van der Waals surface area contributed by atoms with Crippen LogP contribution in [0.25, 0.3) is 0 Å². The molecule has 3 heteroatoms. The van der Waals surface area contributed by atoms with E-state index in [9.17, 15) is 15.0 Å². The Morgan fingerprint density at radius 3 is 1.54 bits per heavy atom. The van der Waals surface area contributed by atoms with Gasteiger partial charge in [-0.05, 0) is 97.6 Å². The Kier molecular flexibility index (Phi) is 5.18. The van der Waals surface area contributed by atoms with Crippen LogP contribution in [0, 0.1) is 25.7 Å². The Morgan fingerprint density at radius 2 is 1.21 bits per heavy atom. The third-order valence-electron chi connectivity index (χ3n) is 6.58. The number of phenols is 2. The number of hydrogen-bond donors (Lipinski definition) is 2. The summed E-state index contributed by atoms with van der Waals surface area (Å²) in [5, 5.41) is 19.7. The largest absolute Gasteiger partial charge is 0.508 e. The molecule has 148 valence electrons. The Balaban J connectivity index is 1.49. The minimum absolute atomic E-state index is 0.271. The van der Waals surface area contributed by atoms with Gasteiger partial charge in [0.25, 0.3) is 0 Å². The van der Waals surface area contributed by atoms with Crippen LogP contribution < -0.4 is 0 Å². The number of rotatable bonds is 8. The molecule has 2 N–H and O–H groups in total. The lowest BCUT2D eigenvalue weighted by molar-refractivity contribution is -0.120. The van der Waals surface area contributed by atoms with Crippen molar-refractivity contribution in [2.75, 3.05) is 0 Å². The molecule has 2 aromatic rings. The van der Waals surface area contributed by atoms with Crippen LogP contribution in [0.4, 0.5) is 0 Å². The highest BCUT2D eigenvalue weighted by Crippen LogP contribution is 2.48. The first-order chi connectivity index (χ1) is 13.4.